The molecule has 1 atom stereocenters. The highest BCUT2D eigenvalue weighted by atomic mass is 16.5. The molecule has 1 unspecified atom stereocenters. The molecule has 1 aromatic heterocycles. The van der Waals surface area contributed by atoms with E-state index in [9.17, 15) is 0 Å². The third-order valence-corrected chi connectivity index (χ3v) is 3.87. The van der Waals surface area contributed by atoms with Crippen molar-refractivity contribution in [3.8, 4) is 5.75 Å². The minimum atomic E-state index is -0.658. The van der Waals surface area contributed by atoms with Crippen LogP contribution in [0, 0.1) is 0 Å². The number of methoxy groups -OCH3 is 1. The highest BCUT2D eigenvalue weighted by molar-refractivity contribution is 5.83. The monoisotopic (exact) mass is 278 g/mol. The lowest BCUT2D eigenvalue weighted by Gasteiger charge is -2.28. The Balaban J connectivity index is 2.25. The Morgan fingerprint density at radius 1 is 0.952 bits per heavy atom. The van der Waals surface area contributed by atoms with Crippen LogP contribution in [0.1, 0.15) is 18.1 Å². The molecule has 0 spiro atoms. The second-order valence-corrected chi connectivity index (χ2v) is 5.28. The quantitative estimate of drug-likeness (QED) is 0.798. The van der Waals surface area contributed by atoms with Gasteiger partial charge in [0.1, 0.15) is 5.75 Å². The van der Waals surface area contributed by atoms with E-state index in [4.69, 9.17) is 10.5 Å². The number of benzene rings is 2. The Kier molecular flexibility index (Phi) is 3.35. The van der Waals surface area contributed by atoms with Crippen molar-refractivity contribution in [3.63, 3.8) is 0 Å². The van der Waals surface area contributed by atoms with Gasteiger partial charge in [-0.3, -0.25) is 4.98 Å². The van der Waals surface area contributed by atoms with Gasteiger partial charge in [-0.1, -0.05) is 36.4 Å². The first-order chi connectivity index (χ1) is 10.1. The maximum Gasteiger partial charge on any atom is 0.124 e. The SMILES string of the molecule is COc1ccccc1C(C)(N)c1cccc2ncccc12. The lowest BCUT2D eigenvalue weighted by molar-refractivity contribution is 0.399. The summed E-state index contributed by atoms with van der Waals surface area (Å²) in [5, 5.41) is 1.07. The molecule has 0 radical (unpaired) electrons. The average Bonchev–Trinajstić information content (AvgIpc) is 2.54. The first kappa shape index (κ1) is 13.6. The van der Waals surface area contributed by atoms with Crippen molar-refractivity contribution in [1.82, 2.24) is 4.98 Å². The van der Waals surface area contributed by atoms with E-state index in [1.54, 1.807) is 13.3 Å². The van der Waals surface area contributed by atoms with Crippen molar-refractivity contribution < 1.29 is 4.74 Å². The molecule has 1 heterocycles. The van der Waals surface area contributed by atoms with Gasteiger partial charge in [0.15, 0.2) is 0 Å². The van der Waals surface area contributed by atoms with Crippen molar-refractivity contribution in [3.05, 3.63) is 71.9 Å². The number of nitrogens with zero attached hydrogens (tertiary/aromatic N) is 1. The highest BCUT2D eigenvalue weighted by Crippen LogP contribution is 2.36. The van der Waals surface area contributed by atoms with Crippen molar-refractivity contribution >= 4 is 10.9 Å². The fraction of sp³-hybridized carbons (Fsp3) is 0.167. The summed E-state index contributed by atoms with van der Waals surface area (Å²) in [6.07, 6.45) is 1.79. The zero-order valence-electron chi connectivity index (χ0n) is 12.2. The number of ether oxygens (including phenoxy) is 1. The van der Waals surface area contributed by atoms with Crippen LogP contribution >= 0.6 is 0 Å². The van der Waals surface area contributed by atoms with E-state index in [1.165, 1.54) is 0 Å². The molecular formula is C18H18N2O. The summed E-state index contributed by atoms with van der Waals surface area (Å²) < 4.78 is 5.47. The Hall–Kier alpha value is -2.39. The molecule has 2 N–H and O–H groups in total. The Labute approximate surface area is 124 Å². The molecule has 3 aromatic rings. The first-order valence-electron chi connectivity index (χ1n) is 6.91. The van der Waals surface area contributed by atoms with Crippen molar-refractivity contribution in [2.24, 2.45) is 5.73 Å². The molecule has 3 nitrogen and oxygen atoms in total. The van der Waals surface area contributed by atoms with Gasteiger partial charge in [0.2, 0.25) is 0 Å². The normalized spacial score (nSPS) is 13.9. The minimum Gasteiger partial charge on any atom is -0.496 e. The van der Waals surface area contributed by atoms with Gasteiger partial charge in [-0.25, -0.2) is 0 Å². The Morgan fingerprint density at radius 2 is 1.71 bits per heavy atom. The van der Waals surface area contributed by atoms with Gasteiger partial charge in [0, 0.05) is 17.1 Å². The molecule has 0 aliphatic rings. The topological polar surface area (TPSA) is 48.1 Å². The minimum absolute atomic E-state index is 0.658. The Bertz CT molecular complexity index is 776. The van der Waals surface area contributed by atoms with Crippen LogP contribution in [0.4, 0.5) is 0 Å². The molecule has 0 fully saturated rings. The predicted octanol–water partition coefficient (Wildman–Crippen LogP) is 3.47. The predicted molar refractivity (Wildman–Crippen MR) is 85.4 cm³/mol. The molecular weight excluding hydrogens is 260 g/mol. The van der Waals surface area contributed by atoms with E-state index in [0.29, 0.717) is 0 Å². The van der Waals surface area contributed by atoms with Crippen LogP contribution in [0.25, 0.3) is 10.9 Å². The molecule has 0 aliphatic carbocycles. The van der Waals surface area contributed by atoms with Gasteiger partial charge in [-0.15, -0.1) is 0 Å². The van der Waals surface area contributed by atoms with Crippen LogP contribution in [0.3, 0.4) is 0 Å². The van der Waals surface area contributed by atoms with Gasteiger partial charge in [0.25, 0.3) is 0 Å². The fourth-order valence-electron chi connectivity index (χ4n) is 2.77. The van der Waals surface area contributed by atoms with E-state index < -0.39 is 5.54 Å². The van der Waals surface area contributed by atoms with Crippen LogP contribution < -0.4 is 10.5 Å². The molecule has 0 aliphatic heterocycles. The summed E-state index contributed by atoms with van der Waals surface area (Å²) in [4.78, 5) is 4.40. The van der Waals surface area contributed by atoms with E-state index in [2.05, 4.69) is 17.1 Å². The number of hydrogen-bond donors (Lipinski definition) is 1. The second kappa shape index (κ2) is 5.19. The molecule has 106 valence electrons. The summed E-state index contributed by atoms with van der Waals surface area (Å²) in [5.74, 6) is 0.795. The van der Waals surface area contributed by atoms with Crippen LogP contribution in [-0.4, -0.2) is 12.1 Å². The second-order valence-electron chi connectivity index (χ2n) is 5.28. The summed E-state index contributed by atoms with van der Waals surface area (Å²) in [5.41, 5.74) is 8.98. The van der Waals surface area contributed by atoms with E-state index in [0.717, 1.165) is 27.8 Å². The van der Waals surface area contributed by atoms with Crippen LogP contribution in [0.5, 0.6) is 5.75 Å². The number of nitrogens with two attached hydrogens (primary N) is 1. The summed E-state index contributed by atoms with van der Waals surface area (Å²) in [6, 6.07) is 17.9. The van der Waals surface area contributed by atoms with Crippen LogP contribution in [0.2, 0.25) is 0 Å². The molecule has 3 rings (SSSR count). The lowest BCUT2D eigenvalue weighted by Crippen LogP contribution is -2.35. The first-order valence-corrected chi connectivity index (χ1v) is 6.91. The van der Waals surface area contributed by atoms with E-state index >= 15 is 0 Å². The lowest BCUT2D eigenvalue weighted by atomic mass is 9.83. The molecule has 0 amide bonds. The summed E-state index contributed by atoms with van der Waals surface area (Å²) in [7, 11) is 1.67. The van der Waals surface area contributed by atoms with Crippen LogP contribution in [-0.2, 0) is 5.54 Å². The molecule has 3 heteroatoms. The molecule has 0 saturated carbocycles. The number of hydrogen-bond acceptors (Lipinski definition) is 3. The number of aromatic nitrogens is 1. The standard InChI is InChI=1S/C18H18N2O/c1-18(19,15-8-3-4-11-17(15)21-2)14-9-5-10-16-13(14)7-6-12-20-16/h3-12H,19H2,1-2H3. The number of para-hydroxylation sites is 1. The largest absolute Gasteiger partial charge is 0.496 e. The van der Waals surface area contributed by atoms with Gasteiger partial charge in [-0.2, -0.15) is 0 Å². The fourth-order valence-corrected chi connectivity index (χ4v) is 2.77. The highest BCUT2D eigenvalue weighted by Gasteiger charge is 2.28. The van der Waals surface area contributed by atoms with E-state index in [-0.39, 0.29) is 0 Å². The maximum atomic E-state index is 6.69. The zero-order chi connectivity index (χ0) is 14.9. The number of fused-ring (bicyclic) bond motifs is 1. The molecule has 21 heavy (non-hydrogen) atoms. The number of rotatable bonds is 3. The maximum absolute atomic E-state index is 6.69. The summed E-state index contributed by atoms with van der Waals surface area (Å²) in [6.45, 7) is 2.01. The van der Waals surface area contributed by atoms with Crippen molar-refractivity contribution in [1.29, 1.82) is 0 Å². The third-order valence-electron chi connectivity index (χ3n) is 3.87. The zero-order valence-corrected chi connectivity index (χ0v) is 12.2. The molecule has 2 aromatic carbocycles. The van der Waals surface area contributed by atoms with Gasteiger partial charge in [-0.05, 0) is 30.7 Å². The molecule has 0 saturated heterocycles. The van der Waals surface area contributed by atoms with Crippen molar-refractivity contribution in [2.75, 3.05) is 7.11 Å². The Morgan fingerprint density at radius 3 is 2.52 bits per heavy atom. The van der Waals surface area contributed by atoms with E-state index in [1.807, 2.05) is 49.4 Å². The van der Waals surface area contributed by atoms with Gasteiger partial charge in [0.05, 0.1) is 18.2 Å². The van der Waals surface area contributed by atoms with Crippen LogP contribution in [0.15, 0.2) is 60.8 Å². The summed E-state index contributed by atoms with van der Waals surface area (Å²) >= 11 is 0. The van der Waals surface area contributed by atoms with Gasteiger partial charge < -0.3 is 10.5 Å². The third kappa shape index (κ3) is 2.26. The smallest absolute Gasteiger partial charge is 0.124 e. The molecule has 0 bridgehead atoms. The van der Waals surface area contributed by atoms with Gasteiger partial charge >= 0.3 is 0 Å². The van der Waals surface area contributed by atoms with Crippen molar-refractivity contribution in [2.45, 2.75) is 12.5 Å². The average molecular weight is 278 g/mol. The number of pyridine rings is 1.